The van der Waals surface area contributed by atoms with Crippen LogP contribution in [0.3, 0.4) is 0 Å². The number of rotatable bonds is 16. The average Bonchev–Trinajstić information content (AvgIpc) is 2.62. The van der Waals surface area contributed by atoms with Crippen LogP contribution < -0.4 is 0 Å². The van der Waals surface area contributed by atoms with Gasteiger partial charge in [-0.05, 0) is 24.5 Å². The summed E-state index contributed by atoms with van der Waals surface area (Å²) in [5, 5.41) is 0. The Morgan fingerprint density at radius 3 is 1.69 bits per heavy atom. The normalized spacial score (nSPS) is 12.0. The van der Waals surface area contributed by atoms with Gasteiger partial charge in [-0.15, -0.1) is 0 Å². The van der Waals surface area contributed by atoms with E-state index in [1.165, 1.54) is 64.2 Å². The van der Waals surface area contributed by atoms with Gasteiger partial charge in [-0.2, -0.15) is 8.42 Å². The van der Waals surface area contributed by atoms with Crippen molar-refractivity contribution >= 4 is 10.1 Å². The summed E-state index contributed by atoms with van der Waals surface area (Å²) in [6, 6.07) is 8.36. The lowest BCUT2D eigenvalue weighted by molar-refractivity contribution is 0.306. The molecule has 0 saturated heterocycles. The zero-order valence-electron chi connectivity index (χ0n) is 16.8. The summed E-state index contributed by atoms with van der Waals surface area (Å²) in [4.78, 5) is 0.240. The van der Waals surface area contributed by atoms with Crippen LogP contribution in [0.5, 0.6) is 0 Å². The van der Waals surface area contributed by atoms with Gasteiger partial charge in [0.05, 0.1) is 11.5 Å². The fourth-order valence-electron chi connectivity index (χ4n) is 3.07. The van der Waals surface area contributed by atoms with Crippen LogP contribution in [0.15, 0.2) is 35.2 Å². The van der Waals surface area contributed by atoms with Crippen molar-refractivity contribution in [3.63, 3.8) is 0 Å². The van der Waals surface area contributed by atoms with Crippen molar-refractivity contribution in [1.29, 1.82) is 0 Å². The highest BCUT2D eigenvalue weighted by molar-refractivity contribution is 7.86. The van der Waals surface area contributed by atoms with Crippen molar-refractivity contribution in [2.24, 2.45) is 5.92 Å². The maximum absolute atomic E-state index is 11.9. The smallest absolute Gasteiger partial charge is 0.266 e. The Labute approximate surface area is 161 Å². The molecular formula is C22H38O3S. The molecule has 0 amide bonds. The van der Waals surface area contributed by atoms with E-state index in [1.54, 1.807) is 30.3 Å². The monoisotopic (exact) mass is 382 g/mol. The molecule has 0 N–H and O–H groups in total. The second-order valence-corrected chi connectivity index (χ2v) is 9.28. The molecule has 0 aliphatic heterocycles. The molecule has 1 rings (SSSR count). The van der Waals surface area contributed by atoms with E-state index < -0.39 is 10.1 Å². The molecule has 0 fully saturated rings. The Morgan fingerprint density at radius 2 is 1.19 bits per heavy atom. The molecule has 0 aromatic heterocycles. The largest absolute Gasteiger partial charge is 0.296 e. The topological polar surface area (TPSA) is 43.4 Å². The first-order chi connectivity index (χ1) is 12.5. The predicted molar refractivity (Wildman–Crippen MR) is 110 cm³/mol. The van der Waals surface area contributed by atoms with Crippen molar-refractivity contribution in [2.75, 3.05) is 6.61 Å². The third-order valence-corrected chi connectivity index (χ3v) is 6.02. The lowest BCUT2D eigenvalue weighted by Gasteiger charge is -2.06. The number of benzene rings is 1. The van der Waals surface area contributed by atoms with E-state index in [0.717, 1.165) is 18.8 Å². The molecule has 26 heavy (non-hydrogen) atoms. The van der Waals surface area contributed by atoms with Crippen molar-refractivity contribution in [3.8, 4) is 0 Å². The van der Waals surface area contributed by atoms with Crippen LogP contribution in [-0.4, -0.2) is 15.0 Å². The van der Waals surface area contributed by atoms with Gasteiger partial charge in [0.1, 0.15) is 0 Å². The van der Waals surface area contributed by atoms with Crippen molar-refractivity contribution in [2.45, 2.75) is 95.8 Å². The standard InChI is InChI=1S/C22H38O3S/c1-21(2)17-13-10-8-6-4-3-5-7-9-11-16-20-25-26(23,24)22-18-14-12-15-19-22/h12,14-15,18-19,21H,3-11,13,16-17,20H2,1-2H3. The third kappa shape index (κ3) is 11.7. The number of unbranched alkanes of at least 4 members (excludes halogenated alkanes) is 10. The maximum atomic E-state index is 11.9. The lowest BCUT2D eigenvalue weighted by Crippen LogP contribution is -2.07. The lowest BCUT2D eigenvalue weighted by atomic mass is 10.0. The molecule has 0 aliphatic carbocycles. The van der Waals surface area contributed by atoms with Crippen LogP contribution in [0.25, 0.3) is 0 Å². The van der Waals surface area contributed by atoms with Gasteiger partial charge in [-0.25, -0.2) is 0 Å². The van der Waals surface area contributed by atoms with Crippen LogP contribution in [0.1, 0.15) is 90.9 Å². The minimum atomic E-state index is -3.58. The molecule has 1 aromatic rings. The van der Waals surface area contributed by atoms with Gasteiger partial charge in [0.15, 0.2) is 0 Å². The third-order valence-electron chi connectivity index (χ3n) is 4.70. The van der Waals surface area contributed by atoms with Crippen LogP contribution >= 0.6 is 0 Å². The van der Waals surface area contributed by atoms with Crippen LogP contribution in [0.4, 0.5) is 0 Å². The van der Waals surface area contributed by atoms with E-state index in [-0.39, 0.29) is 11.5 Å². The summed E-state index contributed by atoms with van der Waals surface area (Å²) in [6.07, 6.45) is 15.2. The van der Waals surface area contributed by atoms with Crippen molar-refractivity contribution in [1.82, 2.24) is 0 Å². The van der Waals surface area contributed by atoms with Crippen LogP contribution in [0, 0.1) is 5.92 Å². The average molecular weight is 383 g/mol. The van der Waals surface area contributed by atoms with Gasteiger partial charge in [0.25, 0.3) is 10.1 Å². The summed E-state index contributed by atoms with van der Waals surface area (Å²) >= 11 is 0. The van der Waals surface area contributed by atoms with Crippen LogP contribution in [0.2, 0.25) is 0 Å². The highest BCUT2D eigenvalue weighted by Gasteiger charge is 2.13. The van der Waals surface area contributed by atoms with E-state index in [9.17, 15) is 8.42 Å². The van der Waals surface area contributed by atoms with E-state index >= 15 is 0 Å². The summed E-state index contributed by atoms with van der Waals surface area (Å²) in [7, 11) is -3.58. The van der Waals surface area contributed by atoms with Gasteiger partial charge >= 0.3 is 0 Å². The molecule has 0 unspecified atom stereocenters. The molecule has 1 aromatic carbocycles. The quantitative estimate of drug-likeness (QED) is 0.235. The predicted octanol–water partition coefficient (Wildman–Crippen LogP) is 6.73. The summed E-state index contributed by atoms with van der Waals surface area (Å²) < 4.78 is 29.0. The molecule has 0 atom stereocenters. The van der Waals surface area contributed by atoms with Crippen LogP contribution in [-0.2, 0) is 14.3 Å². The molecule has 0 radical (unpaired) electrons. The van der Waals surface area contributed by atoms with E-state index in [1.807, 2.05) is 0 Å². The second-order valence-electron chi connectivity index (χ2n) is 7.66. The van der Waals surface area contributed by atoms with Gasteiger partial charge in [0, 0.05) is 0 Å². The van der Waals surface area contributed by atoms with Gasteiger partial charge in [0.2, 0.25) is 0 Å². The van der Waals surface area contributed by atoms with Gasteiger partial charge < -0.3 is 0 Å². The minimum Gasteiger partial charge on any atom is -0.266 e. The first-order valence-corrected chi connectivity index (χ1v) is 11.9. The summed E-state index contributed by atoms with van der Waals surface area (Å²) in [5.74, 6) is 0.846. The molecule has 0 aliphatic rings. The Hall–Kier alpha value is -0.870. The highest BCUT2D eigenvalue weighted by Crippen LogP contribution is 2.15. The molecular weight excluding hydrogens is 344 g/mol. The molecule has 0 bridgehead atoms. The Kier molecular flexibility index (Phi) is 12.7. The Morgan fingerprint density at radius 1 is 0.731 bits per heavy atom. The van der Waals surface area contributed by atoms with E-state index in [4.69, 9.17) is 4.18 Å². The summed E-state index contributed by atoms with van der Waals surface area (Å²) in [6.45, 7) is 4.89. The summed E-state index contributed by atoms with van der Waals surface area (Å²) in [5.41, 5.74) is 0. The second kappa shape index (κ2) is 14.2. The molecule has 0 saturated carbocycles. The molecule has 0 spiro atoms. The van der Waals surface area contributed by atoms with E-state index in [2.05, 4.69) is 13.8 Å². The van der Waals surface area contributed by atoms with Crippen molar-refractivity contribution in [3.05, 3.63) is 30.3 Å². The van der Waals surface area contributed by atoms with Gasteiger partial charge in [-0.1, -0.05) is 103 Å². The van der Waals surface area contributed by atoms with Gasteiger partial charge in [-0.3, -0.25) is 4.18 Å². The molecule has 4 heteroatoms. The highest BCUT2D eigenvalue weighted by atomic mass is 32.2. The van der Waals surface area contributed by atoms with Crippen molar-refractivity contribution < 1.29 is 12.6 Å². The SMILES string of the molecule is CC(C)CCCCCCCCCCCCCOS(=O)(=O)c1ccccc1. The van der Waals surface area contributed by atoms with E-state index in [0.29, 0.717) is 0 Å². The molecule has 150 valence electrons. The fourth-order valence-corrected chi connectivity index (χ4v) is 4.03. The zero-order chi connectivity index (χ0) is 19.1. The first kappa shape index (κ1) is 23.2. The minimum absolute atomic E-state index is 0.240. The Balaban J connectivity index is 1.88. The molecule has 0 heterocycles. The molecule has 3 nitrogen and oxygen atoms in total. The number of hydrogen-bond donors (Lipinski definition) is 0. The fraction of sp³-hybridized carbons (Fsp3) is 0.727. The zero-order valence-corrected chi connectivity index (χ0v) is 17.6. The Bertz CT molecular complexity index is 538. The maximum Gasteiger partial charge on any atom is 0.296 e. The first-order valence-electron chi connectivity index (χ1n) is 10.5. The number of hydrogen-bond acceptors (Lipinski definition) is 3.